The molecule has 0 saturated carbocycles. The molecule has 0 unspecified atom stereocenters. The van der Waals surface area contributed by atoms with Crippen LogP contribution in [0.2, 0.25) is 0 Å². The second-order valence-electron chi connectivity index (χ2n) is 6.02. The first-order chi connectivity index (χ1) is 12.0. The molecule has 0 aliphatic rings. The Balaban J connectivity index is 2.01. The first kappa shape index (κ1) is 18.2. The molecule has 2 aromatic carbocycles. The topological polar surface area (TPSA) is 69.3 Å². The fourth-order valence-corrected chi connectivity index (χ4v) is 3.36. The largest absolute Gasteiger partial charge is 0.420 e. The molecule has 1 aromatic heterocycles. The van der Waals surface area contributed by atoms with E-state index in [4.69, 9.17) is 4.42 Å². The molecule has 0 aliphatic carbocycles. The van der Waals surface area contributed by atoms with E-state index < -0.39 is 34.1 Å². The monoisotopic (exact) mass is 385 g/mol. The molecule has 3 rings (SSSR count). The molecule has 0 bridgehead atoms. The summed E-state index contributed by atoms with van der Waals surface area (Å²) >= 11 is 0. The molecule has 1 heterocycles. The van der Waals surface area contributed by atoms with Crippen LogP contribution in [0, 0.1) is 0 Å². The third-order valence-electron chi connectivity index (χ3n) is 3.72. The second kappa shape index (κ2) is 6.31. The second-order valence-corrected chi connectivity index (χ2v) is 8.13. The lowest BCUT2D eigenvalue weighted by Gasteiger charge is -2.08. The van der Waals surface area contributed by atoms with Gasteiger partial charge < -0.3 is 4.42 Å². The molecule has 138 valence electrons. The van der Waals surface area contributed by atoms with Gasteiger partial charge >= 0.3 is 11.9 Å². The van der Waals surface area contributed by atoms with Gasteiger partial charge in [-0.1, -0.05) is 30.3 Å². The Morgan fingerprint density at radius 3 is 2.23 bits per heavy atom. The van der Waals surface area contributed by atoms with Crippen LogP contribution < -0.4 is 5.76 Å². The average Bonchev–Trinajstić information content (AvgIpc) is 2.80. The summed E-state index contributed by atoms with van der Waals surface area (Å²) in [5.74, 6) is -1.31. The average molecular weight is 385 g/mol. The van der Waals surface area contributed by atoms with Crippen LogP contribution in [0.15, 0.2) is 51.7 Å². The Hall–Kier alpha value is -2.55. The van der Waals surface area contributed by atoms with Crippen molar-refractivity contribution in [2.45, 2.75) is 18.5 Å². The van der Waals surface area contributed by atoms with Gasteiger partial charge in [0.05, 0.1) is 11.9 Å². The van der Waals surface area contributed by atoms with Crippen molar-refractivity contribution in [3.63, 3.8) is 0 Å². The van der Waals surface area contributed by atoms with Gasteiger partial charge in [-0.05, 0) is 28.8 Å². The van der Waals surface area contributed by atoms with Crippen molar-refractivity contribution in [1.29, 1.82) is 0 Å². The zero-order valence-corrected chi connectivity index (χ0v) is 14.4. The molecule has 26 heavy (non-hydrogen) atoms. The van der Waals surface area contributed by atoms with Crippen LogP contribution in [-0.2, 0) is 22.1 Å². The summed E-state index contributed by atoms with van der Waals surface area (Å²) < 4.78 is 66.3. The zero-order chi connectivity index (χ0) is 19.1. The van der Waals surface area contributed by atoms with Crippen molar-refractivity contribution in [1.82, 2.24) is 4.57 Å². The van der Waals surface area contributed by atoms with Crippen molar-refractivity contribution in [3.05, 3.63) is 58.6 Å². The molecule has 0 spiro atoms. The van der Waals surface area contributed by atoms with E-state index >= 15 is 0 Å². The molecule has 0 aliphatic heterocycles. The van der Waals surface area contributed by atoms with Crippen molar-refractivity contribution < 1.29 is 26.0 Å². The number of rotatable bonds is 4. The number of benzene rings is 2. The van der Waals surface area contributed by atoms with Crippen molar-refractivity contribution in [2.75, 3.05) is 6.26 Å². The minimum atomic E-state index is -4.28. The van der Waals surface area contributed by atoms with E-state index in [-0.39, 0.29) is 11.1 Å². The number of hydrogen-bond donors (Lipinski definition) is 0. The van der Waals surface area contributed by atoms with E-state index in [9.17, 15) is 26.4 Å². The lowest BCUT2D eigenvalue weighted by Crippen LogP contribution is -2.19. The third-order valence-corrected chi connectivity index (χ3v) is 4.45. The Kier molecular flexibility index (Phi) is 4.43. The Morgan fingerprint density at radius 1 is 1.04 bits per heavy atom. The van der Waals surface area contributed by atoms with E-state index in [2.05, 4.69) is 0 Å². The van der Waals surface area contributed by atoms with Crippen LogP contribution in [0.4, 0.5) is 13.2 Å². The van der Waals surface area contributed by atoms with Crippen LogP contribution in [0.3, 0.4) is 0 Å². The number of fused-ring (bicyclic) bond motifs is 1. The predicted molar refractivity (Wildman–Crippen MR) is 90.5 cm³/mol. The molecular formula is C17H14F3NO4S. The van der Waals surface area contributed by atoms with Gasteiger partial charge in [-0.2, -0.15) is 13.2 Å². The number of nitrogens with zero attached hydrogens (tertiary/aromatic N) is 1. The summed E-state index contributed by atoms with van der Waals surface area (Å²) in [5, 5.41) is 0. The summed E-state index contributed by atoms with van der Waals surface area (Å²) in [6.45, 7) is 0. The van der Waals surface area contributed by atoms with E-state index in [1.807, 2.05) is 0 Å². The summed E-state index contributed by atoms with van der Waals surface area (Å²) in [4.78, 5) is 11.9. The molecule has 0 saturated heterocycles. The van der Waals surface area contributed by atoms with E-state index in [0.717, 1.165) is 10.8 Å². The Morgan fingerprint density at radius 2 is 1.65 bits per heavy atom. The third kappa shape index (κ3) is 4.16. The molecule has 0 radical (unpaired) electrons. The van der Waals surface area contributed by atoms with Crippen LogP contribution in [-0.4, -0.2) is 25.4 Å². The highest BCUT2D eigenvalue weighted by molar-refractivity contribution is 7.89. The smallest absolute Gasteiger partial charge is 0.408 e. The highest BCUT2D eigenvalue weighted by Gasteiger charge is 2.27. The van der Waals surface area contributed by atoms with E-state index in [0.29, 0.717) is 16.6 Å². The van der Waals surface area contributed by atoms with Crippen LogP contribution in [0.25, 0.3) is 22.2 Å². The summed E-state index contributed by atoms with van der Waals surface area (Å²) in [5.41, 5.74) is 1.93. The number of aromatic nitrogens is 1. The predicted octanol–water partition coefficient (Wildman–Crippen LogP) is 3.37. The SMILES string of the molecule is CS(=O)(=O)Cn1c(=O)oc2ccc(-c3ccc(CC(F)(F)F)cc3)cc21. The van der Waals surface area contributed by atoms with Crippen molar-refractivity contribution >= 4 is 20.9 Å². The van der Waals surface area contributed by atoms with Crippen LogP contribution in [0.5, 0.6) is 0 Å². The lowest BCUT2D eigenvalue weighted by atomic mass is 10.0. The van der Waals surface area contributed by atoms with Gasteiger partial charge in [0.1, 0.15) is 5.88 Å². The first-order valence-electron chi connectivity index (χ1n) is 7.49. The number of halogens is 3. The highest BCUT2D eigenvalue weighted by Crippen LogP contribution is 2.27. The zero-order valence-electron chi connectivity index (χ0n) is 13.6. The Bertz CT molecular complexity index is 1110. The summed E-state index contributed by atoms with van der Waals surface area (Å²) in [6.07, 6.45) is -4.29. The van der Waals surface area contributed by atoms with Gasteiger partial charge in [0.15, 0.2) is 15.4 Å². The van der Waals surface area contributed by atoms with Gasteiger partial charge in [0.2, 0.25) is 0 Å². The van der Waals surface area contributed by atoms with Gasteiger partial charge in [-0.25, -0.2) is 13.2 Å². The van der Waals surface area contributed by atoms with Crippen LogP contribution in [0.1, 0.15) is 5.56 Å². The van der Waals surface area contributed by atoms with Crippen molar-refractivity contribution in [3.8, 4) is 11.1 Å². The first-order valence-corrected chi connectivity index (χ1v) is 9.55. The number of oxazole rings is 1. The standard InChI is InChI=1S/C17H14F3NO4S/c1-26(23,24)10-21-14-8-13(6-7-15(14)25-16(21)22)12-4-2-11(3-5-12)9-17(18,19)20/h2-8H,9-10H2,1H3. The van der Waals surface area contributed by atoms with E-state index in [1.165, 1.54) is 18.2 Å². The van der Waals surface area contributed by atoms with Gasteiger partial charge in [-0.15, -0.1) is 0 Å². The maximum atomic E-state index is 12.4. The van der Waals surface area contributed by atoms with Crippen molar-refractivity contribution in [2.24, 2.45) is 0 Å². The maximum Gasteiger partial charge on any atom is 0.420 e. The van der Waals surface area contributed by atoms with E-state index in [1.54, 1.807) is 24.3 Å². The lowest BCUT2D eigenvalue weighted by molar-refractivity contribution is -0.127. The molecule has 0 fully saturated rings. The number of sulfone groups is 1. The van der Waals surface area contributed by atoms with Gasteiger partial charge in [0.25, 0.3) is 0 Å². The maximum absolute atomic E-state index is 12.4. The minimum Gasteiger partial charge on any atom is -0.408 e. The Labute approximate surface area is 146 Å². The fraction of sp³-hybridized carbons (Fsp3) is 0.235. The van der Waals surface area contributed by atoms with Gasteiger partial charge in [-0.3, -0.25) is 4.57 Å². The molecule has 3 aromatic rings. The summed E-state index contributed by atoms with van der Waals surface area (Å²) in [6, 6.07) is 10.6. The quantitative estimate of drug-likeness (QED) is 0.691. The normalized spacial score (nSPS) is 12.6. The van der Waals surface area contributed by atoms with Crippen LogP contribution >= 0.6 is 0 Å². The number of alkyl halides is 3. The molecule has 9 heteroatoms. The minimum absolute atomic E-state index is 0.139. The molecule has 0 N–H and O–H groups in total. The van der Waals surface area contributed by atoms with Gasteiger partial charge in [0, 0.05) is 6.26 Å². The molecule has 0 amide bonds. The summed E-state index contributed by atoms with van der Waals surface area (Å²) in [7, 11) is -3.47. The molecular weight excluding hydrogens is 371 g/mol. The fourth-order valence-electron chi connectivity index (χ4n) is 2.64. The molecule has 5 nitrogen and oxygen atoms in total. The number of hydrogen-bond acceptors (Lipinski definition) is 4. The molecule has 0 atom stereocenters. The highest BCUT2D eigenvalue weighted by atomic mass is 32.2.